The molecule has 1 fully saturated rings. The average molecular weight is 295 g/mol. The first-order chi connectivity index (χ1) is 7.78. The van der Waals surface area contributed by atoms with Crippen LogP contribution in [0.4, 0.5) is 5.82 Å². The van der Waals surface area contributed by atoms with Gasteiger partial charge in [-0.2, -0.15) is 0 Å². The highest BCUT2D eigenvalue weighted by Crippen LogP contribution is 2.18. The molecule has 0 aromatic carbocycles. The zero-order chi connectivity index (χ0) is 11.4. The minimum absolute atomic E-state index is 0. The van der Waals surface area contributed by atoms with Gasteiger partial charge in [0, 0.05) is 12.6 Å². The number of halogens is 2. The van der Waals surface area contributed by atoms with Gasteiger partial charge in [0.1, 0.15) is 11.0 Å². The molecule has 1 aromatic rings. The van der Waals surface area contributed by atoms with E-state index in [4.69, 9.17) is 11.6 Å². The first kappa shape index (κ1) is 14.8. The Kier molecular flexibility index (Phi) is 6.33. The summed E-state index contributed by atoms with van der Waals surface area (Å²) < 4.78 is 0. The van der Waals surface area contributed by atoms with Gasteiger partial charge in [-0.05, 0) is 31.7 Å². The van der Waals surface area contributed by atoms with E-state index >= 15 is 0 Å². The van der Waals surface area contributed by atoms with Gasteiger partial charge in [-0.1, -0.05) is 23.4 Å². The molecule has 1 aromatic heterocycles. The van der Waals surface area contributed by atoms with E-state index < -0.39 is 0 Å². The smallest absolute Gasteiger partial charge is 0.190 e. The number of hydrogen-bond acceptors (Lipinski definition) is 5. The summed E-state index contributed by atoms with van der Waals surface area (Å²) in [7, 11) is 0. The number of rotatable bonds is 4. The van der Waals surface area contributed by atoms with Crippen molar-refractivity contribution in [2.24, 2.45) is 5.92 Å². The summed E-state index contributed by atoms with van der Waals surface area (Å²) in [4.78, 5) is 8.45. The molecule has 96 valence electrons. The van der Waals surface area contributed by atoms with Gasteiger partial charge in [0.15, 0.2) is 5.16 Å². The molecule has 0 bridgehead atoms. The van der Waals surface area contributed by atoms with Crippen LogP contribution in [0, 0.1) is 5.92 Å². The summed E-state index contributed by atoms with van der Waals surface area (Å²) in [6.45, 7) is 3.14. The minimum Gasteiger partial charge on any atom is -0.370 e. The fraction of sp³-hybridized carbons (Fsp3) is 0.600. The number of nitrogens with zero attached hydrogens (tertiary/aromatic N) is 2. The summed E-state index contributed by atoms with van der Waals surface area (Å²) in [6, 6.07) is 1.77. The van der Waals surface area contributed by atoms with Crippen molar-refractivity contribution in [2.75, 3.05) is 31.2 Å². The second-order valence-electron chi connectivity index (χ2n) is 3.80. The molecule has 0 saturated carbocycles. The lowest BCUT2D eigenvalue weighted by molar-refractivity contribution is 0.613. The Bertz CT molecular complexity index is 358. The van der Waals surface area contributed by atoms with E-state index in [-0.39, 0.29) is 12.4 Å². The Morgan fingerprint density at radius 2 is 2.41 bits per heavy atom. The molecule has 0 radical (unpaired) electrons. The van der Waals surface area contributed by atoms with Gasteiger partial charge in [0.25, 0.3) is 0 Å². The largest absolute Gasteiger partial charge is 0.370 e. The van der Waals surface area contributed by atoms with Crippen molar-refractivity contribution in [2.45, 2.75) is 11.6 Å². The lowest BCUT2D eigenvalue weighted by atomic mass is 10.1. The molecule has 1 atom stereocenters. The van der Waals surface area contributed by atoms with Crippen LogP contribution in [-0.2, 0) is 0 Å². The van der Waals surface area contributed by atoms with Crippen molar-refractivity contribution in [1.29, 1.82) is 0 Å². The monoisotopic (exact) mass is 294 g/mol. The van der Waals surface area contributed by atoms with E-state index in [1.807, 2.05) is 6.26 Å². The van der Waals surface area contributed by atoms with E-state index in [0.717, 1.165) is 25.5 Å². The summed E-state index contributed by atoms with van der Waals surface area (Å²) in [5.41, 5.74) is 0. The molecule has 4 nitrogen and oxygen atoms in total. The van der Waals surface area contributed by atoms with Gasteiger partial charge < -0.3 is 10.6 Å². The highest BCUT2D eigenvalue weighted by atomic mass is 35.5. The van der Waals surface area contributed by atoms with Crippen LogP contribution in [-0.4, -0.2) is 35.9 Å². The molecule has 1 aliphatic heterocycles. The molecule has 7 heteroatoms. The third-order valence-electron chi connectivity index (χ3n) is 2.59. The second kappa shape index (κ2) is 7.26. The summed E-state index contributed by atoms with van der Waals surface area (Å²) in [5, 5.41) is 7.85. The third kappa shape index (κ3) is 4.50. The highest BCUT2D eigenvalue weighted by Gasteiger charge is 2.14. The SMILES string of the molecule is CSc1nc(Cl)cc(NCC2CCNC2)n1.Cl. The lowest BCUT2D eigenvalue weighted by Crippen LogP contribution is -2.17. The molecule has 1 aliphatic rings. The summed E-state index contributed by atoms with van der Waals surface area (Å²) >= 11 is 7.40. The molecule has 1 saturated heterocycles. The minimum atomic E-state index is 0. The van der Waals surface area contributed by atoms with E-state index in [1.54, 1.807) is 6.07 Å². The molecule has 0 amide bonds. The van der Waals surface area contributed by atoms with Gasteiger partial charge in [-0.3, -0.25) is 0 Å². The van der Waals surface area contributed by atoms with Gasteiger partial charge in [-0.15, -0.1) is 12.4 Å². The maximum absolute atomic E-state index is 5.91. The van der Waals surface area contributed by atoms with Crippen molar-refractivity contribution in [3.8, 4) is 0 Å². The summed E-state index contributed by atoms with van der Waals surface area (Å²) in [5.74, 6) is 1.50. The lowest BCUT2D eigenvalue weighted by Gasteiger charge is -2.11. The molecule has 0 aliphatic carbocycles. The quantitative estimate of drug-likeness (QED) is 0.507. The van der Waals surface area contributed by atoms with Crippen LogP contribution in [0.3, 0.4) is 0 Å². The first-order valence-corrected chi connectivity index (χ1v) is 6.91. The van der Waals surface area contributed by atoms with Gasteiger partial charge in [0.2, 0.25) is 0 Å². The molecular formula is C10H16Cl2N4S. The molecule has 17 heavy (non-hydrogen) atoms. The predicted octanol–water partition coefficient (Wildman–Crippen LogP) is 2.30. The number of hydrogen-bond donors (Lipinski definition) is 2. The van der Waals surface area contributed by atoms with Crippen LogP contribution in [0.25, 0.3) is 0 Å². The van der Waals surface area contributed by atoms with Crippen LogP contribution in [0.2, 0.25) is 5.15 Å². The zero-order valence-electron chi connectivity index (χ0n) is 9.57. The molecular weight excluding hydrogens is 279 g/mol. The van der Waals surface area contributed by atoms with Gasteiger partial charge >= 0.3 is 0 Å². The van der Waals surface area contributed by atoms with Gasteiger partial charge in [-0.25, -0.2) is 9.97 Å². The fourth-order valence-corrected chi connectivity index (χ4v) is 2.33. The number of thioether (sulfide) groups is 1. The fourth-order valence-electron chi connectivity index (χ4n) is 1.72. The maximum atomic E-state index is 5.91. The van der Waals surface area contributed by atoms with Crippen LogP contribution in [0.15, 0.2) is 11.2 Å². The Morgan fingerprint density at radius 1 is 1.59 bits per heavy atom. The Balaban J connectivity index is 0.00000144. The van der Waals surface area contributed by atoms with Crippen molar-refractivity contribution in [3.05, 3.63) is 11.2 Å². The number of nitrogens with one attached hydrogen (secondary N) is 2. The van der Waals surface area contributed by atoms with Crippen LogP contribution >= 0.6 is 35.8 Å². The highest BCUT2D eigenvalue weighted by molar-refractivity contribution is 7.98. The zero-order valence-corrected chi connectivity index (χ0v) is 12.0. The van der Waals surface area contributed by atoms with Crippen LogP contribution in [0.5, 0.6) is 0 Å². The van der Waals surface area contributed by atoms with Gasteiger partial charge in [0.05, 0.1) is 0 Å². The Morgan fingerprint density at radius 3 is 3.06 bits per heavy atom. The molecule has 1 unspecified atom stereocenters. The Hall–Kier alpha value is -0.230. The number of anilines is 1. The van der Waals surface area contributed by atoms with E-state index in [9.17, 15) is 0 Å². The van der Waals surface area contributed by atoms with E-state index in [0.29, 0.717) is 16.2 Å². The molecule has 2 N–H and O–H groups in total. The van der Waals surface area contributed by atoms with E-state index in [2.05, 4.69) is 20.6 Å². The topological polar surface area (TPSA) is 49.8 Å². The summed E-state index contributed by atoms with van der Waals surface area (Å²) in [6.07, 6.45) is 3.16. The molecule has 2 heterocycles. The van der Waals surface area contributed by atoms with Crippen LogP contribution < -0.4 is 10.6 Å². The first-order valence-electron chi connectivity index (χ1n) is 5.31. The molecule has 0 spiro atoms. The third-order valence-corrected chi connectivity index (χ3v) is 3.33. The second-order valence-corrected chi connectivity index (χ2v) is 4.96. The van der Waals surface area contributed by atoms with Crippen molar-refractivity contribution in [3.63, 3.8) is 0 Å². The van der Waals surface area contributed by atoms with Crippen molar-refractivity contribution in [1.82, 2.24) is 15.3 Å². The van der Waals surface area contributed by atoms with Crippen molar-refractivity contribution >= 4 is 41.6 Å². The molecule has 2 rings (SSSR count). The predicted molar refractivity (Wildman–Crippen MR) is 75.5 cm³/mol. The standard InChI is InChI=1S/C10H15ClN4S.ClH/c1-16-10-14-8(11)4-9(15-10)13-6-7-2-3-12-5-7;/h4,7,12H,2-3,5-6H2,1H3,(H,13,14,15);1H. The van der Waals surface area contributed by atoms with Crippen molar-refractivity contribution < 1.29 is 0 Å². The average Bonchev–Trinajstić information content (AvgIpc) is 2.78. The Labute approximate surface area is 117 Å². The van der Waals surface area contributed by atoms with Crippen LogP contribution in [0.1, 0.15) is 6.42 Å². The number of aromatic nitrogens is 2. The van der Waals surface area contributed by atoms with E-state index in [1.165, 1.54) is 18.2 Å². The normalized spacial score (nSPS) is 18.8. The maximum Gasteiger partial charge on any atom is 0.190 e.